The molecule has 3 aromatic rings. The fourth-order valence-electron chi connectivity index (χ4n) is 2.67. The van der Waals surface area contributed by atoms with E-state index in [0.29, 0.717) is 0 Å². The lowest BCUT2D eigenvalue weighted by atomic mass is 10.2. The Balaban J connectivity index is 1.88. The molecule has 10 heteroatoms. The van der Waals surface area contributed by atoms with Gasteiger partial charge >= 0.3 is 12.8 Å². The number of amides is 1. The molecule has 152 valence electrons. The van der Waals surface area contributed by atoms with Gasteiger partial charge in [0.25, 0.3) is 5.91 Å². The van der Waals surface area contributed by atoms with Crippen LogP contribution in [-0.4, -0.2) is 22.3 Å². The molecule has 0 spiro atoms. The zero-order chi connectivity index (χ0) is 21.2. The Morgan fingerprint density at radius 1 is 1.14 bits per heavy atom. The third kappa shape index (κ3) is 4.53. The van der Waals surface area contributed by atoms with Gasteiger partial charge in [-0.25, -0.2) is 4.68 Å². The highest BCUT2D eigenvalue weighted by Gasteiger charge is 2.30. The molecule has 1 amide bonds. The van der Waals surface area contributed by atoms with Crippen LogP contribution in [0.2, 0.25) is 0 Å². The first kappa shape index (κ1) is 20.3. The average molecular weight is 411 g/mol. The van der Waals surface area contributed by atoms with E-state index in [9.17, 15) is 26.7 Å². The highest BCUT2D eigenvalue weighted by molar-refractivity contribution is 6.05. The number of nitrogens with one attached hydrogen (secondary N) is 1. The van der Waals surface area contributed by atoms with Crippen molar-refractivity contribution in [2.75, 3.05) is 5.32 Å². The third-order valence-electron chi connectivity index (χ3n) is 4.02. The molecule has 0 atom stereocenters. The van der Waals surface area contributed by atoms with Crippen molar-refractivity contribution in [1.29, 1.82) is 0 Å². The summed E-state index contributed by atoms with van der Waals surface area (Å²) >= 11 is 0. The Morgan fingerprint density at radius 3 is 2.55 bits per heavy atom. The maximum Gasteiger partial charge on any atom is 0.416 e. The highest BCUT2D eigenvalue weighted by atomic mass is 19.4. The number of alkyl halides is 5. The zero-order valence-corrected chi connectivity index (χ0v) is 14.9. The van der Waals surface area contributed by atoms with Crippen molar-refractivity contribution in [1.82, 2.24) is 9.78 Å². The number of anilines is 1. The van der Waals surface area contributed by atoms with Crippen molar-refractivity contribution in [2.24, 2.45) is 0 Å². The third-order valence-corrected chi connectivity index (χ3v) is 4.02. The van der Waals surface area contributed by atoms with E-state index in [0.717, 1.165) is 12.1 Å². The number of rotatable bonds is 5. The van der Waals surface area contributed by atoms with E-state index in [2.05, 4.69) is 15.2 Å². The lowest BCUT2D eigenvalue weighted by molar-refractivity contribution is -0.137. The number of hydrogen-bond donors (Lipinski definition) is 1. The first-order valence-electron chi connectivity index (χ1n) is 8.24. The van der Waals surface area contributed by atoms with Gasteiger partial charge in [-0.05, 0) is 37.3 Å². The number of hydrogen-bond acceptors (Lipinski definition) is 3. The van der Waals surface area contributed by atoms with Crippen LogP contribution in [0.5, 0.6) is 5.75 Å². The summed E-state index contributed by atoms with van der Waals surface area (Å²) in [6, 6.07) is 10.1. The second-order valence-corrected chi connectivity index (χ2v) is 5.93. The summed E-state index contributed by atoms with van der Waals surface area (Å²) in [5.74, 6) is -0.898. The molecule has 0 saturated heterocycles. The van der Waals surface area contributed by atoms with Gasteiger partial charge in [0, 0.05) is 0 Å². The van der Waals surface area contributed by atoms with E-state index >= 15 is 0 Å². The SMILES string of the molecule is Cc1c(C(=O)Nc2ccccc2OC(F)F)cnn1-c1cccc(C(F)(F)F)c1. The summed E-state index contributed by atoms with van der Waals surface area (Å²) in [6.45, 7) is -1.57. The Labute approximate surface area is 161 Å². The molecule has 0 bridgehead atoms. The van der Waals surface area contributed by atoms with Gasteiger partial charge in [0.2, 0.25) is 0 Å². The van der Waals surface area contributed by atoms with Gasteiger partial charge in [-0.15, -0.1) is 0 Å². The summed E-state index contributed by atoms with van der Waals surface area (Å²) in [5.41, 5.74) is -0.376. The van der Waals surface area contributed by atoms with Crippen molar-refractivity contribution >= 4 is 11.6 Å². The maximum atomic E-state index is 12.9. The molecule has 0 saturated carbocycles. The van der Waals surface area contributed by atoms with E-state index in [-0.39, 0.29) is 28.4 Å². The topological polar surface area (TPSA) is 56.1 Å². The van der Waals surface area contributed by atoms with E-state index in [1.807, 2.05) is 0 Å². The van der Waals surface area contributed by atoms with Crippen LogP contribution in [0.15, 0.2) is 54.7 Å². The number of carbonyl (C=O) groups is 1. The monoisotopic (exact) mass is 411 g/mol. The zero-order valence-electron chi connectivity index (χ0n) is 14.9. The molecule has 29 heavy (non-hydrogen) atoms. The maximum absolute atomic E-state index is 12.9. The average Bonchev–Trinajstić information content (AvgIpc) is 3.04. The van der Waals surface area contributed by atoms with Crippen LogP contribution >= 0.6 is 0 Å². The molecule has 0 radical (unpaired) electrons. The summed E-state index contributed by atoms with van der Waals surface area (Å²) in [6.07, 6.45) is -3.34. The van der Waals surface area contributed by atoms with Gasteiger partial charge in [-0.1, -0.05) is 18.2 Å². The van der Waals surface area contributed by atoms with Gasteiger partial charge in [-0.2, -0.15) is 27.1 Å². The number of nitrogens with zero attached hydrogens (tertiary/aromatic N) is 2. The molecule has 3 rings (SSSR count). The van der Waals surface area contributed by atoms with Crippen LogP contribution < -0.4 is 10.1 Å². The van der Waals surface area contributed by atoms with Gasteiger partial charge in [0.15, 0.2) is 0 Å². The van der Waals surface area contributed by atoms with Gasteiger partial charge in [0.1, 0.15) is 5.75 Å². The minimum atomic E-state index is -4.52. The molecule has 1 N–H and O–H groups in total. The van der Waals surface area contributed by atoms with Crippen molar-refractivity contribution in [2.45, 2.75) is 19.7 Å². The summed E-state index contributed by atoms with van der Waals surface area (Å²) in [4.78, 5) is 12.6. The molecule has 0 aliphatic carbocycles. The van der Waals surface area contributed by atoms with Crippen LogP contribution in [0.4, 0.5) is 27.6 Å². The second-order valence-electron chi connectivity index (χ2n) is 5.93. The van der Waals surface area contributed by atoms with E-state index in [4.69, 9.17) is 0 Å². The van der Waals surface area contributed by atoms with Crippen LogP contribution in [0.25, 0.3) is 5.69 Å². The largest absolute Gasteiger partial charge is 0.433 e. The number of ether oxygens (including phenoxy) is 1. The first-order chi connectivity index (χ1) is 13.7. The minimum absolute atomic E-state index is 0.0176. The number of para-hydroxylation sites is 2. The molecule has 0 unspecified atom stereocenters. The fourth-order valence-corrected chi connectivity index (χ4v) is 2.67. The summed E-state index contributed by atoms with van der Waals surface area (Å²) in [7, 11) is 0. The molecular formula is C19H14F5N3O2. The van der Waals surface area contributed by atoms with Crippen LogP contribution in [0, 0.1) is 6.92 Å². The number of halogens is 5. The smallest absolute Gasteiger partial charge is 0.416 e. The Morgan fingerprint density at radius 2 is 1.86 bits per heavy atom. The Kier molecular flexibility index (Phi) is 5.53. The van der Waals surface area contributed by atoms with Gasteiger partial charge < -0.3 is 10.1 Å². The molecule has 1 heterocycles. The Bertz CT molecular complexity index is 1030. The lowest BCUT2D eigenvalue weighted by Crippen LogP contribution is -2.15. The van der Waals surface area contributed by atoms with Crippen molar-refractivity contribution in [3.63, 3.8) is 0 Å². The van der Waals surface area contributed by atoms with Crippen LogP contribution in [0.3, 0.4) is 0 Å². The predicted octanol–water partition coefficient (Wildman–Crippen LogP) is 5.05. The van der Waals surface area contributed by atoms with Crippen molar-refractivity contribution < 1.29 is 31.5 Å². The van der Waals surface area contributed by atoms with Crippen molar-refractivity contribution in [3.05, 3.63) is 71.5 Å². The highest BCUT2D eigenvalue weighted by Crippen LogP contribution is 2.31. The van der Waals surface area contributed by atoms with E-state index in [1.165, 1.54) is 54.2 Å². The predicted molar refractivity (Wildman–Crippen MR) is 94.3 cm³/mol. The molecule has 5 nitrogen and oxygen atoms in total. The molecule has 2 aromatic carbocycles. The minimum Gasteiger partial charge on any atom is -0.433 e. The lowest BCUT2D eigenvalue weighted by Gasteiger charge is -2.12. The molecule has 0 aliphatic heterocycles. The Hall–Kier alpha value is -3.43. The molecule has 1 aromatic heterocycles. The van der Waals surface area contributed by atoms with E-state index < -0.39 is 24.3 Å². The molecule has 0 fully saturated rings. The van der Waals surface area contributed by atoms with Gasteiger partial charge in [-0.3, -0.25) is 4.79 Å². The fraction of sp³-hybridized carbons (Fsp3) is 0.158. The summed E-state index contributed by atoms with van der Waals surface area (Å²) in [5, 5.41) is 6.42. The van der Waals surface area contributed by atoms with E-state index in [1.54, 1.807) is 0 Å². The number of aromatic nitrogens is 2. The number of benzene rings is 2. The number of carbonyl (C=O) groups excluding carboxylic acids is 1. The van der Waals surface area contributed by atoms with Crippen LogP contribution in [-0.2, 0) is 6.18 Å². The first-order valence-corrected chi connectivity index (χ1v) is 8.24. The standard InChI is InChI=1S/C19H14F5N3O2/c1-11-14(17(28)26-15-7-2-3-8-16(15)29-18(20)21)10-25-27(11)13-6-4-5-12(9-13)19(22,23)24/h2-10,18H,1H3,(H,26,28). The van der Waals surface area contributed by atoms with Crippen LogP contribution in [0.1, 0.15) is 21.6 Å². The van der Waals surface area contributed by atoms with Crippen molar-refractivity contribution in [3.8, 4) is 11.4 Å². The summed E-state index contributed by atoms with van der Waals surface area (Å²) < 4.78 is 69.3. The normalized spacial score (nSPS) is 11.6. The molecule has 0 aliphatic rings. The van der Waals surface area contributed by atoms with Gasteiger partial charge in [0.05, 0.1) is 34.4 Å². The second kappa shape index (κ2) is 7.90. The quantitative estimate of drug-likeness (QED) is 0.598. The molecular weight excluding hydrogens is 397 g/mol.